The number of aliphatic hydroxyl groups excluding tert-OH is 14. The highest BCUT2D eigenvalue weighted by molar-refractivity contribution is 5.77. The molecular weight excluding hydrogens is 906 g/mol. The van der Waals surface area contributed by atoms with E-state index in [2.05, 4.69) is 16.0 Å². The first-order valence-corrected chi connectivity index (χ1v) is 20.3. The van der Waals surface area contributed by atoms with E-state index in [0.717, 1.165) is 20.8 Å². The highest BCUT2D eigenvalue weighted by Gasteiger charge is 2.61. The zero-order valence-electron chi connectivity index (χ0n) is 35.6. The van der Waals surface area contributed by atoms with E-state index < -0.39 is 203 Å². The molecule has 0 aromatic carbocycles. The van der Waals surface area contributed by atoms with Gasteiger partial charge in [0, 0.05) is 33.6 Å². The summed E-state index contributed by atoms with van der Waals surface area (Å²) in [6.45, 7) is -3.03. The maximum atomic E-state index is 13.1. The minimum atomic E-state index is -3.33. The van der Waals surface area contributed by atoms with Crippen LogP contribution in [0.2, 0.25) is 0 Å². The molecule has 3 heterocycles. The number of rotatable bonds is 23. The van der Waals surface area contributed by atoms with Crippen molar-refractivity contribution in [2.24, 2.45) is 0 Å². The van der Waals surface area contributed by atoms with E-state index in [1.54, 1.807) is 0 Å². The van der Waals surface area contributed by atoms with Gasteiger partial charge in [-0.25, -0.2) is 9.59 Å². The van der Waals surface area contributed by atoms with Crippen LogP contribution in [0.5, 0.6) is 0 Å². The van der Waals surface area contributed by atoms with Gasteiger partial charge in [0.25, 0.3) is 11.6 Å². The Morgan fingerprint density at radius 1 is 0.652 bits per heavy atom. The Morgan fingerprint density at radius 3 is 1.52 bits per heavy atom. The fourth-order valence-electron chi connectivity index (χ4n) is 7.64. The van der Waals surface area contributed by atoms with Crippen molar-refractivity contribution in [3.63, 3.8) is 0 Å². The first-order valence-electron chi connectivity index (χ1n) is 20.3. The molecule has 3 aliphatic heterocycles. The predicted octanol–water partition coefficient (Wildman–Crippen LogP) is -11.3. The number of hydrogen-bond donors (Lipinski definition) is 19. The Labute approximate surface area is 373 Å². The number of aliphatic hydroxyl groups is 14. The van der Waals surface area contributed by atoms with Crippen LogP contribution in [0.15, 0.2) is 0 Å². The Morgan fingerprint density at radius 2 is 1.11 bits per heavy atom. The number of amides is 3. The molecule has 3 rings (SSSR count). The Balaban J connectivity index is 2.20. The van der Waals surface area contributed by atoms with E-state index in [-0.39, 0.29) is 0 Å². The maximum Gasteiger partial charge on any atom is 0.364 e. The number of aliphatic carboxylic acids is 2. The molecule has 3 amide bonds. The largest absolute Gasteiger partial charge is 0.477 e. The number of carboxylic acids is 2. The van der Waals surface area contributed by atoms with Gasteiger partial charge in [-0.1, -0.05) is 0 Å². The number of ether oxygens (including phenoxy) is 6. The second-order valence-electron chi connectivity index (χ2n) is 16.0. The van der Waals surface area contributed by atoms with Gasteiger partial charge in [0.1, 0.15) is 79.4 Å². The lowest BCUT2D eigenvalue weighted by molar-refractivity contribution is -0.381. The lowest BCUT2D eigenvalue weighted by Gasteiger charge is -2.51. The lowest BCUT2D eigenvalue weighted by Crippen LogP contribution is -2.71. The van der Waals surface area contributed by atoms with Crippen molar-refractivity contribution in [3.05, 3.63) is 0 Å². The first-order chi connectivity index (χ1) is 30.7. The van der Waals surface area contributed by atoms with E-state index in [4.69, 9.17) is 28.4 Å². The van der Waals surface area contributed by atoms with Crippen LogP contribution < -0.4 is 16.0 Å². The Hall–Kier alpha value is -3.45. The van der Waals surface area contributed by atoms with E-state index >= 15 is 0 Å². The molecule has 30 nitrogen and oxygen atoms in total. The first kappa shape index (κ1) is 56.9. The van der Waals surface area contributed by atoms with E-state index in [0.29, 0.717) is 0 Å². The summed E-state index contributed by atoms with van der Waals surface area (Å²) >= 11 is 0. The zero-order chi connectivity index (χ0) is 50.2. The van der Waals surface area contributed by atoms with E-state index in [1.807, 2.05) is 0 Å². The normalized spacial score (nSPS) is 36.3. The van der Waals surface area contributed by atoms with Gasteiger partial charge in [-0.3, -0.25) is 14.4 Å². The molecule has 3 fully saturated rings. The standard InChI is InChI=1S/C36H61N3O27/c1-11(44)37-14(6-40)28(23(52)17(49)7-41)63-32-27(56)31(66-36(34(59)60)5-16(48)22(39-13(3)46)30(65-36)25(54)19(51)9-43)26(55)20(62-32)10-61-35(33(57)58)4-15(47)21(38-12(2)45)29(64-35)24(53)18(50)8-42/h14-32,40-43,47-56H,4-10H2,1-3H3,(H,37,44)(H,38,45)(H,39,46)(H,57,58)(H,59,60)/t14-,15-,16-,17+,18+,19+,20+,21+,22+,23-,24+,25+,26-,27+,28+,29+,30+,31-,32-,35+,36-/m0/s1. The highest BCUT2D eigenvalue weighted by atomic mass is 16.8. The topological polar surface area (TPSA) is 501 Å². The third-order valence-corrected chi connectivity index (χ3v) is 11.0. The molecule has 0 aromatic rings. The summed E-state index contributed by atoms with van der Waals surface area (Å²) in [5.41, 5.74) is 0. The quantitative estimate of drug-likeness (QED) is 0.0452. The van der Waals surface area contributed by atoms with Crippen LogP contribution in [0.3, 0.4) is 0 Å². The van der Waals surface area contributed by atoms with Gasteiger partial charge in [0.05, 0.1) is 63.4 Å². The van der Waals surface area contributed by atoms with Gasteiger partial charge < -0.3 is 126 Å². The van der Waals surface area contributed by atoms with Crippen molar-refractivity contribution in [2.45, 2.75) is 161 Å². The van der Waals surface area contributed by atoms with Gasteiger partial charge in [0.2, 0.25) is 17.7 Å². The predicted molar refractivity (Wildman–Crippen MR) is 205 cm³/mol. The molecule has 66 heavy (non-hydrogen) atoms. The molecule has 382 valence electrons. The van der Waals surface area contributed by atoms with Crippen LogP contribution in [-0.4, -0.2) is 272 Å². The van der Waals surface area contributed by atoms with Crippen LogP contribution in [-0.2, 0) is 52.4 Å². The van der Waals surface area contributed by atoms with Crippen LogP contribution in [0.1, 0.15) is 33.6 Å². The minimum Gasteiger partial charge on any atom is -0.477 e. The van der Waals surface area contributed by atoms with Crippen LogP contribution >= 0.6 is 0 Å². The van der Waals surface area contributed by atoms with Crippen molar-refractivity contribution >= 4 is 29.7 Å². The fraction of sp³-hybridized carbons (Fsp3) is 0.861. The summed E-state index contributed by atoms with van der Waals surface area (Å²) in [5, 5.41) is 176. The van der Waals surface area contributed by atoms with E-state index in [1.165, 1.54) is 0 Å². The molecule has 3 aliphatic rings. The second-order valence-corrected chi connectivity index (χ2v) is 16.0. The SMILES string of the molecule is CC(=O)N[C@H]1[C@H]([C@H](O)[C@H](O)CO)O[C@@](OC[C@H]2O[C@@H](O[C@@H]([C@@H](O)[C@H](O)CO)[C@H](CO)NC(C)=O)[C@H](O)[C@@H](O[C@]3(C(=O)O)C[C@H](O)[C@@H](NC(C)=O)[C@H]([C@H](O)[C@H](O)CO)O3)[C@H]2O)(C(=O)O)C[C@@H]1O. The number of carboxylic acid groups (broad SMARTS) is 2. The van der Waals surface area contributed by atoms with Gasteiger partial charge in [-0.2, -0.15) is 0 Å². The molecule has 21 atom stereocenters. The second kappa shape index (κ2) is 24.2. The fourth-order valence-corrected chi connectivity index (χ4v) is 7.64. The average Bonchev–Trinajstić information content (AvgIpc) is 3.25. The van der Waals surface area contributed by atoms with Crippen molar-refractivity contribution in [3.8, 4) is 0 Å². The number of nitrogens with one attached hydrogen (secondary N) is 3. The molecule has 19 N–H and O–H groups in total. The third-order valence-electron chi connectivity index (χ3n) is 11.0. The van der Waals surface area contributed by atoms with Gasteiger partial charge >= 0.3 is 11.9 Å². The third kappa shape index (κ3) is 13.2. The van der Waals surface area contributed by atoms with Crippen molar-refractivity contribution in [2.75, 3.05) is 33.0 Å². The molecule has 0 unspecified atom stereocenters. The summed E-state index contributed by atoms with van der Waals surface area (Å²) < 4.78 is 33.9. The molecule has 0 aromatic heterocycles. The minimum absolute atomic E-state index is 0.835. The molecule has 0 saturated carbocycles. The smallest absolute Gasteiger partial charge is 0.364 e. The number of hydrogen-bond acceptors (Lipinski definition) is 25. The van der Waals surface area contributed by atoms with Gasteiger partial charge in [0.15, 0.2) is 6.29 Å². The summed E-state index contributed by atoms with van der Waals surface area (Å²) in [4.78, 5) is 62.1. The number of carbonyl (C=O) groups is 5. The molecule has 0 bridgehead atoms. The summed E-state index contributed by atoms with van der Waals surface area (Å²) in [5.74, 6) is -13.3. The highest BCUT2D eigenvalue weighted by Crippen LogP contribution is 2.39. The van der Waals surface area contributed by atoms with E-state index in [9.17, 15) is 106 Å². The van der Waals surface area contributed by atoms with Crippen molar-refractivity contribution in [1.82, 2.24) is 16.0 Å². The van der Waals surface area contributed by atoms with Gasteiger partial charge in [-0.05, 0) is 0 Å². The summed E-state index contributed by atoms with van der Waals surface area (Å²) in [7, 11) is 0. The molecule has 3 saturated heterocycles. The van der Waals surface area contributed by atoms with Gasteiger partial charge in [-0.15, -0.1) is 0 Å². The average molecular weight is 968 g/mol. The maximum absolute atomic E-state index is 13.1. The van der Waals surface area contributed by atoms with Crippen molar-refractivity contribution in [1.29, 1.82) is 0 Å². The number of carbonyl (C=O) groups excluding carboxylic acids is 3. The zero-order valence-corrected chi connectivity index (χ0v) is 35.6. The summed E-state index contributed by atoms with van der Waals surface area (Å²) in [6, 6.07) is -5.13. The molecule has 0 spiro atoms. The molecule has 30 heteroatoms. The monoisotopic (exact) mass is 967 g/mol. The van der Waals surface area contributed by atoms with Crippen LogP contribution in [0.25, 0.3) is 0 Å². The Bertz CT molecular complexity index is 1630. The van der Waals surface area contributed by atoms with Crippen molar-refractivity contribution < 1.29 is 134 Å². The lowest BCUT2D eigenvalue weighted by atomic mass is 9.88. The van der Waals surface area contributed by atoms with Crippen LogP contribution in [0, 0.1) is 0 Å². The molecular formula is C36H61N3O27. The van der Waals surface area contributed by atoms with Crippen LogP contribution in [0.4, 0.5) is 0 Å². The Kier molecular flexibility index (Phi) is 20.9. The molecule has 0 radical (unpaired) electrons. The summed E-state index contributed by atoms with van der Waals surface area (Å²) in [6.07, 6.45) is -38.1. The molecule has 0 aliphatic carbocycles.